The van der Waals surface area contributed by atoms with Crippen molar-refractivity contribution in [2.24, 2.45) is 0 Å². The summed E-state index contributed by atoms with van der Waals surface area (Å²) in [6, 6.07) is 17.9. The number of carboxylic acid groups (broad SMARTS) is 1. The topological polar surface area (TPSA) is 99.1 Å². The number of nitrogens with zero attached hydrogens (tertiary/aromatic N) is 5. The van der Waals surface area contributed by atoms with E-state index in [9.17, 15) is 9.59 Å². The van der Waals surface area contributed by atoms with Gasteiger partial charge in [0.25, 0.3) is 0 Å². The van der Waals surface area contributed by atoms with Gasteiger partial charge in [0.05, 0.1) is 11.6 Å². The molecule has 2 saturated heterocycles. The molecule has 1 aromatic heterocycles. The summed E-state index contributed by atoms with van der Waals surface area (Å²) in [5.41, 5.74) is 3.33. The minimum atomic E-state index is -0.980. The van der Waals surface area contributed by atoms with Crippen molar-refractivity contribution >= 4 is 12.0 Å². The van der Waals surface area contributed by atoms with E-state index in [1.54, 1.807) is 12.1 Å². The summed E-state index contributed by atoms with van der Waals surface area (Å²) in [6.07, 6.45) is 9.68. The molecule has 42 heavy (non-hydrogen) atoms. The van der Waals surface area contributed by atoms with Gasteiger partial charge >= 0.3 is 18.0 Å². The van der Waals surface area contributed by atoms with Gasteiger partial charge in [0.15, 0.2) is 0 Å². The smallest absolute Gasteiger partial charge is 0.335 e. The molecule has 9 nitrogen and oxygen atoms in total. The first kappa shape index (κ1) is 28.2. The molecule has 3 fully saturated rings. The number of carbonyl (C=O) groups excluding carboxylic acids is 1. The van der Waals surface area contributed by atoms with Crippen LogP contribution in [0.1, 0.15) is 78.2 Å². The molecule has 1 saturated carbocycles. The second kappa shape index (κ2) is 12.5. The average molecular weight is 570 g/mol. The zero-order chi connectivity index (χ0) is 29.1. The van der Waals surface area contributed by atoms with E-state index in [1.165, 1.54) is 37.0 Å². The highest BCUT2D eigenvalue weighted by molar-refractivity contribution is 5.87. The molecule has 1 unspecified atom stereocenters. The Hall–Kier alpha value is -3.98. The van der Waals surface area contributed by atoms with Crippen LogP contribution in [0.2, 0.25) is 0 Å². The number of amides is 2. The van der Waals surface area contributed by atoms with Crippen LogP contribution in [0.4, 0.5) is 4.79 Å². The number of aromatic nitrogens is 2. The molecule has 1 aliphatic carbocycles. The van der Waals surface area contributed by atoms with Crippen LogP contribution in [0.3, 0.4) is 0 Å². The number of urea groups is 1. The Labute approximate surface area is 247 Å². The molecule has 6 rings (SSSR count). The number of carboxylic acids is 1. The van der Waals surface area contributed by atoms with E-state index in [-0.39, 0.29) is 29.7 Å². The number of hydrogen-bond donors (Lipinski definition) is 1. The number of carbonyl (C=O) groups is 2. The second-order valence-electron chi connectivity index (χ2n) is 11.8. The number of likely N-dealkylation sites (tertiary alicyclic amines) is 1. The first-order chi connectivity index (χ1) is 20.5. The fourth-order valence-corrected chi connectivity index (χ4v) is 6.73. The fourth-order valence-electron chi connectivity index (χ4n) is 6.73. The van der Waals surface area contributed by atoms with Gasteiger partial charge in [-0.15, -0.1) is 0 Å². The van der Waals surface area contributed by atoms with Crippen LogP contribution in [0.25, 0.3) is 0 Å². The number of aromatic carboxylic acids is 1. The molecule has 2 amide bonds. The van der Waals surface area contributed by atoms with E-state index in [4.69, 9.17) is 9.84 Å². The predicted molar refractivity (Wildman–Crippen MR) is 159 cm³/mol. The molecular formula is C33H39N5O4. The standard InChI is InChI=1S/C33H39N5O4/c1-23-26(20-34-32(35-23)42-29-14-12-25(13-15-29)31(39)40)21-36-18-16-28(17-19-36)38-30(24-8-4-2-5-9-24)22-37(33(38)41)27-10-6-3-7-11-27/h2,4-5,8-9,12-15,20,27-28,30H,3,6-7,10-11,16-19,21-22H2,1H3,(H,39,40). The Morgan fingerprint density at radius 1 is 0.952 bits per heavy atom. The van der Waals surface area contributed by atoms with Crippen molar-refractivity contribution in [3.63, 3.8) is 0 Å². The monoisotopic (exact) mass is 569 g/mol. The quantitative estimate of drug-likeness (QED) is 0.353. The minimum absolute atomic E-state index is 0.112. The molecular weight excluding hydrogens is 530 g/mol. The fraction of sp³-hybridized carbons (Fsp3) is 0.455. The summed E-state index contributed by atoms with van der Waals surface area (Å²) in [7, 11) is 0. The molecule has 1 N–H and O–H groups in total. The number of benzene rings is 2. The van der Waals surface area contributed by atoms with Crippen LogP contribution in [0, 0.1) is 6.92 Å². The normalized spacial score (nSPS) is 20.7. The molecule has 3 aromatic rings. The third-order valence-electron chi connectivity index (χ3n) is 9.09. The lowest BCUT2D eigenvalue weighted by Crippen LogP contribution is -2.48. The Bertz CT molecular complexity index is 1390. The highest BCUT2D eigenvalue weighted by Gasteiger charge is 2.45. The molecule has 0 spiro atoms. The van der Waals surface area contributed by atoms with Gasteiger partial charge in [-0.25, -0.2) is 14.6 Å². The number of rotatable bonds is 8. The van der Waals surface area contributed by atoms with Gasteiger partial charge in [-0.05, 0) is 62.4 Å². The first-order valence-electron chi connectivity index (χ1n) is 15.2. The molecule has 0 bridgehead atoms. The highest BCUT2D eigenvalue weighted by atomic mass is 16.5. The summed E-state index contributed by atoms with van der Waals surface area (Å²) in [4.78, 5) is 40.7. The molecule has 2 aromatic carbocycles. The second-order valence-corrected chi connectivity index (χ2v) is 11.8. The van der Waals surface area contributed by atoms with E-state index in [2.05, 4.69) is 48.9 Å². The van der Waals surface area contributed by atoms with Gasteiger partial charge in [-0.2, -0.15) is 4.98 Å². The number of ether oxygens (including phenoxy) is 1. The van der Waals surface area contributed by atoms with Crippen molar-refractivity contribution in [2.45, 2.75) is 76.5 Å². The zero-order valence-electron chi connectivity index (χ0n) is 24.2. The third kappa shape index (κ3) is 6.11. The van der Waals surface area contributed by atoms with Crippen LogP contribution in [0.5, 0.6) is 11.8 Å². The largest absolute Gasteiger partial charge is 0.478 e. The van der Waals surface area contributed by atoms with Crippen LogP contribution in [-0.4, -0.2) is 73.5 Å². The summed E-state index contributed by atoms with van der Waals surface area (Å²) in [5.74, 6) is -0.493. The minimum Gasteiger partial charge on any atom is -0.478 e. The van der Waals surface area contributed by atoms with Crippen molar-refractivity contribution < 1.29 is 19.4 Å². The van der Waals surface area contributed by atoms with E-state index in [0.29, 0.717) is 11.8 Å². The van der Waals surface area contributed by atoms with Crippen molar-refractivity contribution in [1.82, 2.24) is 24.7 Å². The van der Waals surface area contributed by atoms with Gasteiger partial charge in [-0.3, -0.25) is 4.90 Å². The van der Waals surface area contributed by atoms with Crippen LogP contribution >= 0.6 is 0 Å². The van der Waals surface area contributed by atoms with Crippen molar-refractivity contribution in [3.8, 4) is 11.8 Å². The Morgan fingerprint density at radius 2 is 1.67 bits per heavy atom. The SMILES string of the molecule is Cc1nc(Oc2ccc(C(=O)O)cc2)ncc1CN1CCC(N2C(=O)N(C3CCCCC3)CC2c2ccccc2)CC1. The molecule has 9 heteroatoms. The zero-order valence-corrected chi connectivity index (χ0v) is 24.2. The lowest BCUT2D eigenvalue weighted by molar-refractivity contribution is 0.0696. The van der Waals surface area contributed by atoms with Gasteiger partial charge in [0.1, 0.15) is 5.75 Å². The van der Waals surface area contributed by atoms with Crippen LogP contribution in [-0.2, 0) is 6.54 Å². The molecule has 0 radical (unpaired) electrons. The Balaban J connectivity index is 1.08. The first-order valence-corrected chi connectivity index (χ1v) is 15.2. The van der Waals surface area contributed by atoms with Crippen LogP contribution in [0.15, 0.2) is 60.8 Å². The van der Waals surface area contributed by atoms with Crippen molar-refractivity contribution in [1.29, 1.82) is 0 Å². The summed E-state index contributed by atoms with van der Waals surface area (Å²) in [5, 5.41) is 9.08. The number of hydrogen-bond acceptors (Lipinski definition) is 6. The van der Waals surface area contributed by atoms with E-state index in [1.807, 2.05) is 19.2 Å². The maximum absolute atomic E-state index is 13.9. The number of aryl methyl sites for hydroxylation is 1. The van der Waals surface area contributed by atoms with Gasteiger partial charge < -0.3 is 19.6 Å². The summed E-state index contributed by atoms with van der Waals surface area (Å²) in [6.45, 7) is 5.32. The molecule has 2 aliphatic heterocycles. The van der Waals surface area contributed by atoms with E-state index >= 15 is 0 Å². The summed E-state index contributed by atoms with van der Waals surface area (Å²) < 4.78 is 5.75. The number of piperidine rings is 1. The van der Waals surface area contributed by atoms with E-state index < -0.39 is 5.97 Å². The summed E-state index contributed by atoms with van der Waals surface area (Å²) >= 11 is 0. The Kier molecular flexibility index (Phi) is 8.37. The maximum atomic E-state index is 13.9. The van der Waals surface area contributed by atoms with Gasteiger partial charge in [0.2, 0.25) is 0 Å². The Morgan fingerprint density at radius 3 is 2.33 bits per heavy atom. The van der Waals surface area contributed by atoms with Crippen molar-refractivity contribution in [2.75, 3.05) is 19.6 Å². The molecule has 3 aliphatic rings. The lowest BCUT2D eigenvalue weighted by atomic mass is 9.94. The third-order valence-corrected chi connectivity index (χ3v) is 9.09. The van der Waals surface area contributed by atoms with E-state index in [0.717, 1.165) is 63.1 Å². The molecule has 220 valence electrons. The average Bonchev–Trinajstić information content (AvgIpc) is 3.37. The van der Waals surface area contributed by atoms with Gasteiger partial charge in [0, 0.05) is 55.7 Å². The predicted octanol–water partition coefficient (Wildman–Crippen LogP) is 6.05. The highest BCUT2D eigenvalue weighted by Crippen LogP contribution is 2.38. The van der Waals surface area contributed by atoms with Gasteiger partial charge in [-0.1, -0.05) is 49.6 Å². The lowest BCUT2D eigenvalue weighted by Gasteiger charge is -2.39. The maximum Gasteiger partial charge on any atom is 0.335 e. The molecule has 1 atom stereocenters. The van der Waals surface area contributed by atoms with Crippen molar-refractivity contribution in [3.05, 3.63) is 83.2 Å². The molecule has 3 heterocycles. The van der Waals surface area contributed by atoms with Crippen LogP contribution < -0.4 is 4.74 Å².